The lowest BCUT2D eigenvalue weighted by molar-refractivity contribution is 0.336. The Morgan fingerprint density at radius 3 is 2.77 bits per heavy atom. The number of nitrogens with zero attached hydrogens (tertiary/aromatic N) is 1. The van der Waals surface area contributed by atoms with Crippen molar-refractivity contribution in [3.05, 3.63) is 29.6 Å². The molecule has 0 spiro atoms. The van der Waals surface area contributed by atoms with Crippen molar-refractivity contribution in [1.29, 1.82) is 0 Å². The van der Waals surface area contributed by atoms with Crippen LogP contribution in [0.4, 0.5) is 4.39 Å². The van der Waals surface area contributed by atoms with Gasteiger partial charge in [-0.2, -0.15) is 0 Å². The summed E-state index contributed by atoms with van der Waals surface area (Å²) >= 11 is 0. The van der Waals surface area contributed by atoms with E-state index >= 15 is 0 Å². The predicted molar refractivity (Wildman–Crippen MR) is 50.1 cm³/mol. The van der Waals surface area contributed by atoms with Crippen LogP contribution in [0.15, 0.2) is 18.2 Å². The third-order valence-corrected chi connectivity index (χ3v) is 2.02. The molecular formula is C10H14FNO. The lowest BCUT2D eigenvalue weighted by Crippen LogP contribution is -2.16. The monoisotopic (exact) mass is 183 g/mol. The smallest absolute Gasteiger partial charge is 0.123 e. The van der Waals surface area contributed by atoms with Crippen LogP contribution < -0.4 is 0 Å². The second-order valence-electron chi connectivity index (χ2n) is 3.10. The molecule has 0 saturated carbocycles. The van der Waals surface area contributed by atoms with Gasteiger partial charge in [0.15, 0.2) is 0 Å². The number of aromatic hydroxyl groups is 1. The Labute approximate surface area is 77.6 Å². The van der Waals surface area contributed by atoms with E-state index in [1.54, 1.807) is 0 Å². The number of hydrogen-bond donors (Lipinski definition) is 1. The van der Waals surface area contributed by atoms with Crippen molar-refractivity contribution in [2.75, 3.05) is 13.6 Å². The summed E-state index contributed by atoms with van der Waals surface area (Å²) in [5.41, 5.74) is 0.629. The molecule has 72 valence electrons. The highest BCUT2D eigenvalue weighted by Gasteiger charge is 2.04. The summed E-state index contributed by atoms with van der Waals surface area (Å²) in [5, 5.41) is 9.39. The topological polar surface area (TPSA) is 23.5 Å². The molecule has 0 aromatic heterocycles. The van der Waals surface area contributed by atoms with E-state index in [4.69, 9.17) is 0 Å². The van der Waals surface area contributed by atoms with Crippen molar-refractivity contribution in [3.8, 4) is 5.75 Å². The van der Waals surface area contributed by atoms with Gasteiger partial charge < -0.3 is 10.0 Å². The zero-order chi connectivity index (χ0) is 9.84. The molecule has 1 aromatic rings. The van der Waals surface area contributed by atoms with Gasteiger partial charge in [0.1, 0.15) is 11.6 Å². The first-order chi connectivity index (χ1) is 6.13. The van der Waals surface area contributed by atoms with E-state index in [0.717, 1.165) is 6.54 Å². The molecule has 1 rings (SSSR count). The Kier molecular flexibility index (Phi) is 3.25. The largest absolute Gasteiger partial charge is 0.508 e. The van der Waals surface area contributed by atoms with E-state index in [0.29, 0.717) is 12.1 Å². The fraction of sp³-hybridized carbons (Fsp3) is 0.400. The zero-order valence-corrected chi connectivity index (χ0v) is 7.92. The van der Waals surface area contributed by atoms with E-state index in [9.17, 15) is 9.50 Å². The highest BCUT2D eigenvalue weighted by atomic mass is 19.1. The Morgan fingerprint density at radius 1 is 1.46 bits per heavy atom. The van der Waals surface area contributed by atoms with Crippen LogP contribution in [0, 0.1) is 5.82 Å². The van der Waals surface area contributed by atoms with Crippen LogP contribution in [-0.2, 0) is 6.54 Å². The molecular weight excluding hydrogens is 169 g/mol. The standard InChI is InChI=1S/C10H14FNO/c1-3-12(2)7-8-6-9(11)4-5-10(8)13/h4-6,13H,3,7H2,1-2H3. The van der Waals surface area contributed by atoms with Crippen LogP contribution >= 0.6 is 0 Å². The number of hydrogen-bond acceptors (Lipinski definition) is 2. The molecule has 0 radical (unpaired) electrons. The SMILES string of the molecule is CCN(C)Cc1cc(F)ccc1O. The second-order valence-corrected chi connectivity index (χ2v) is 3.10. The minimum absolute atomic E-state index is 0.154. The molecule has 0 unspecified atom stereocenters. The van der Waals surface area contributed by atoms with Gasteiger partial charge in [0.25, 0.3) is 0 Å². The lowest BCUT2D eigenvalue weighted by atomic mass is 10.2. The Hall–Kier alpha value is -1.09. The molecule has 0 heterocycles. The molecule has 3 heteroatoms. The maximum absolute atomic E-state index is 12.8. The zero-order valence-electron chi connectivity index (χ0n) is 7.92. The molecule has 0 fully saturated rings. The molecule has 1 N–H and O–H groups in total. The maximum Gasteiger partial charge on any atom is 0.123 e. The third-order valence-electron chi connectivity index (χ3n) is 2.02. The number of phenols is 1. The van der Waals surface area contributed by atoms with E-state index < -0.39 is 0 Å². The van der Waals surface area contributed by atoms with Crippen molar-refractivity contribution < 1.29 is 9.50 Å². The molecule has 13 heavy (non-hydrogen) atoms. The van der Waals surface area contributed by atoms with Gasteiger partial charge >= 0.3 is 0 Å². The number of benzene rings is 1. The number of halogens is 1. The first-order valence-electron chi connectivity index (χ1n) is 4.29. The van der Waals surface area contributed by atoms with E-state index in [2.05, 4.69) is 0 Å². The highest BCUT2D eigenvalue weighted by molar-refractivity contribution is 5.32. The summed E-state index contributed by atoms with van der Waals surface area (Å²) in [7, 11) is 1.92. The van der Waals surface area contributed by atoms with Gasteiger partial charge in [-0.1, -0.05) is 6.92 Å². The van der Waals surface area contributed by atoms with Gasteiger partial charge in [0.05, 0.1) is 0 Å². The highest BCUT2D eigenvalue weighted by Crippen LogP contribution is 2.18. The van der Waals surface area contributed by atoms with Crippen LogP contribution in [-0.4, -0.2) is 23.6 Å². The third kappa shape index (κ3) is 2.70. The Bertz CT molecular complexity index is 288. The molecule has 0 aliphatic carbocycles. The summed E-state index contributed by atoms with van der Waals surface area (Å²) in [5.74, 6) is -0.154. The summed E-state index contributed by atoms with van der Waals surface area (Å²) in [6.07, 6.45) is 0. The van der Waals surface area contributed by atoms with Gasteiger partial charge in [0.2, 0.25) is 0 Å². The summed E-state index contributed by atoms with van der Waals surface area (Å²) < 4.78 is 12.8. The van der Waals surface area contributed by atoms with Gasteiger partial charge in [-0.05, 0) is 31.8 Å². The average molecular weight is 183 g/mol. The van der Waals surface area contributed by atoms with Crippen molar-refractivity contribution >= 4 is 0 Å². The van der Waals surface area contributed by atoms with Crippen molar-refractivity contribution in [3.63, 3.8) is 0 Å². The summed E-state index contributed by atoms with van der Waals surface area (Å²) in [4.78, 5) is 1.99. The lowest BCUT2D eigenvalue weighted by Gasteiger charge is -2.14. The minimum atomic E-state index is -0.308. The van der Waals surface area contributed by atoms with Gasteiger partial charge in [-0.15, -0.1) is 0 Å². The van der Waals surface area contributed by atoms with Gasteiger partial charge in [-0.25, -0.2) is 4.39 Å². The van der Waals surface area contributed by atoms with Crippen molar-refractivity contribution in [2.45, 2.75) is 13.5 Å². The second kappa shape index (κ2) is 4.23. The van der Waals surface area contributed by atoms with Gasteiger partial charge in [-0.3, -0.25) is 0 Å². The maximum atomic E-state index is 12.8. The number of phenolic OH excluding ortho intramolecular Hbond substituents is 1. The van der Waals surface area contributed by atoms with Crippen molar-refractivity contribution in [1.82, 2.24) is 4.90 Å². The molecule has 0 aliphatic rings. The van der Waals surface area contributed by atoms with Gasteiger partial charge in [0, 0.05) is 12.1 Å². The number of rotatable bonds is 3. The van der Waals surface area contributed by atoms with E-state index in [-0.39, 0.29) is 11.6 Å². The first kappa shape index (κ1) is 9.99. The quantitative estimate of drug-likeness (QED) is 0.774. The first-order valence-corrected chi connectivity index (χ1v) is 4.29. The van der Waals surface area contributed by atoms with Crippen LogP contribution in [0.5, 0.6) is 5.75 Å². The molecule has 0 aliphatic heterocycles. The van der Waals surface area contributed by atoms with Crippen molar-refractivity contribution in [2.24, 2.45) is 0 Å². The van der Waals surface area contributed by atoms with Crippen LogP contribution in [0.1, 0.15) is 12.5 Å². The molecule has 0 bridgehead atoms. The van der Waals surface area contributed by atoms with E-state index in [1.165, 1.54) is 18.2 Å². The Balaban J connectivity index is 2.81. The van der Waals surface area contributed by atoms with Crippen LogP contribution in [0.2, 0.25) is 0 Å². The summed E-state index contributed by atoms with van der Waals surface area (Å²) in [6.45, 7) is 3.45. The molecule has 0 saturated heterocycles. The molecule has 0 atom stereocenters. The fourth-order valence-electron chi connectivity index (χ4n) is 1.08. The van der Waals surface area contributed by atoms with Crippen LogP contribution in [0.3, 0.4) is 0 Å². The average Bonchev–Trinajstić information content (AvgIpc) is 2.11. The molecule has 0 amide bonds. The minimum Gasteiger partial charge on any atom is -0.508 e. The fourth-order valence-corrected chi connectivity index (χ4v) is 1.08. The summed E-state index contributed by atoms with van der Waals surface area (Å²) in [6, 6.07) is 4.00. The molecule has 1 aromatic carbocycles. The Morgan fingerprint density at radius 2 is 2.15 bits per heavy atom. The van der Waals surface area contributed by atoms with E-state index in [1.807, 2.05) is 18.9 Å². The van der Waals surface area contributed by atoms with Crippen LogP contribution in [0.25, 0.3) is 0 Å². The normalized spacial score (nSPS) is 10.8. The molecule has 2 nitrogen and oxygen atoms in total. The predicted octanol–water partition coefficient (Wildman–Crippen LogP) is 1.98.